The molecule has 0 spiro atoms. The Bertz CT molecular complexity index is 1040. The number of para-hydroxylation sites is 1. The molecule has 0 N–H and O–H groups in total. The molecule has 30 heavy (non-hydrogen) atoms. The van der Waals surface area contributed by atoms with Gasteiger partial charge in [-0.05, 0) is 48.6 Å². The highest BCUT2D eigenvalue weighted by atomic mass is 35.5. The number of thiocarbonyl (C=S) groups is 1. The molecule has 154 valence electrons. The fourth-order valence-electron chi connectivity index (χ4n) is 3.74. The van der Waals surface area contributed by atoms with E-state index >= 15 is 0 Å². The maximum absolute atomic E-state index is 12.8. The topological polar surface area (TPSA) is 40.6 Å². The summed E-state index contributed by atoms with van der Waals surface area (Å²) < 4.78 is 0.522. The first-order chi connectivity index (χ1) is 14.5. The van der Waals surface area contributed by atoms with Crippen LogP contribution >= 0.6 is 35.6 Å². The smallest absolute Gasteiger partial charge is 0.266 e. The van der Waals surface area contributed by atoms with Gasteiger partial charge in [-0.1, -0.05) is 72.0 Å². The van der Waals surface area contributed by atoms with Gasteiger partial charge in [0, 0.05) is 30.2 Å². The van der Waals surface area contributed by atoms with Crippen LogP contribution in [-0.4, -0.2) is 34.1 Å². The molecule has 2 aromatic carbocycles. The molecule has 2 aromatic rings. The Morgan fingerprint density at radius 1 is 1.17 bits per heavy atom. The Morgan fingerprint density at radius 2 is 1.93 bits per heavy atom. The first-order valence-corrected chi connectivity index (χ1v) is 11.5. The first-order valence-electron chi connectivity index (χ1n) is 9.93. The van der Waals surface area contributed by atoms with E-state index in [-0.39, 0.29) is 11.8 Å². The summed E-state index contributed by atoms with van der Waals surface area (Å²) >= 11 is 12.9. The third kappa shape index (κ3) is 4.46. The molecule has 1 fully saturated rings. The molecule has 0 aromatic heterocycles. The molecule has 0 saturated carbocycles. The van der Waals surface area contributed by atoms with Gasteiger partial charge in [-0.15, -0.1) is 0 Å². The van der Waals surface area contributed by atoms with Crippen LogP contribution in [0.5, 0.6) is 0 Å². The number of anilines is 1. The minimum Gasteiger partial charge on any atom is -0.312 e. The molecule has 0 radical (unpaired) electrons. The molecule has 7 heteroatoms. The van der Waals surface area contributed by atoms with Gasteiger partial charge in [0.15, 0.2) is 0 Å². The second-order valence-electron chi connectivity index (χ2n) is 7.24. The monoisotopic (exact) mass is 456 g/mol. The van der Waals surface area contributed by atoms with Crippen molar-refractivity contribution in [2.45, 2.75) is 25.7 Å². The number of amides is 2. The summed E-state index contributed by atoms with van der Waals surface area (Å²) in [5.74, 6) is -0.0279. The maximum Gasteiger partial charge on any atom is 0.266 e. The average molecular weight is 457 g/mol. The van der Waals surface area contributed by atoms with E-state index in [0.29, 0.717) is 33.6 Å². The lowest BCUT2D eigenvalue weighted by atomic mass is 10.0. The predicted octanol–water partition coefficient (Wildman–Crippen LogP) is 5.30. The minimum absolute atomic E-state index is 0.0965. The third-order valence-corrected chi connectivity index (χ3v) is 6.97. The highest BCUT2D eigenvalue weighted by Gasteiger charge is 2.32. The summed E-state index contributed by atoms with van der Waals surface area (Å²) in [7, 11) is 0. The Labute approximate surface area is 190 Å². The van der Waals surface area contributed by atoms with Crippen LogP contribution in [0.15, 0.2) is 53.4 Å². The van der Waals surface area contributed by atoms with Gasteiger partial charge in [0.05, 0.1) is 4.91 Å². The second-order valence-corrected chi connectivity index (χ2v) is 9.32. The van der Waals surface area contributed by atoms with Crippen LogP contribution in [0, 0.1) is 0 Å². The lowest BCUT2D eigenvalue weighted by Crippen LogP contribution is -2.36. The summed E-state index contributed by atoms with van der Waals surface area (Å²) in [4.78, 5) is 29.6. The highest BCUT2D eigenvalue weighted by molar-refractivity contribution is 8.26. The summed E-state index contributed by atoms with van der Waals surface area (Å²) in [5, 5.41) is 0.593. The molecule has 0 aliphatic carbocycles. The summed E-state index contributed by atoms with van der Waals surface area (Å²) in [6.45, 7) is 1.18. The summed E-state index contributed by atoms with van der Waals surface area (Å²) in [6.07, 6.45) is 4.72. The van der Waals surface area contributed by atoms with Crippen molar-refractivity contribution in [3.05, 3.63) is 69.6 Å². The fourth-order valence-corrected chi connectivity index (χ4v) is 5.23. The number of carbonyl (C=O) groups excluding carboxylic acids is 2. The lowest BCUT2D eigenvalue weighted by molar-refractivity contribution is -0.123. The van der Waals surface area contributed by atoms with E-state index in [1.165, 1.54) is 17.3 Å². The van der Waals surface area contributed by atoms with Crippen molar-refractivity contribution in [3.8, 4) is 0 Å². The molecule has 4 nitrogen and oxygen atoms in total. The number of fused-ring (bicyclic) bond motifs is 1. The maximum atomic E-state index is 12.8. The van der Waals surface area contributed by atoms with Gasteiger partial charge in [0.2, 0.25) is 5.91 Å². The van der Waals surface area contributed by atoms with Crippen LogP contribution in [0.3, 0.4) is 0 Å². The zero-order chi connectivity index (χ0) is 21.1. The molecule has 0 unspecified atom stereocenters. The molecular formula is C23H21ClN2O2S2. The van der Waals surface area contributed by atoms with E-state index < -0.39 is 0 Å². The molecular weight excluding hydrogens is 436 g/mol. The quantitative estimate of drug-likeness (QED) is 0.452. The number of rotatable bonds is 5. The fraction of sp³-hybridized carbons (Fsp3) is 0.261. The van der Waals surface area contributed by atoms with Crippen LogP contribution in [-0.2, 0) is 16.0 Å². The van der Waals surface area contributed by atoms with Crippen LogP contribution in [0.25, 0.3) is 6.08 Å². The molecule has 2 aliphatic rings. The van der Waals surface area contributed by atoms with E-state index in [0.717, 1.165) is 30.6 Å². The van der Waals surface area contributed by atoms with Crippen molar-refractivity contribution in [2.75, 3.05) is 18.0 Å². The molecule has 4 rings (SSSR count). The number of carbonyl (C=O) groups is 2. The predicted molar refractivity (Wildman–Crippen MR) is 128 cm³/mol. The number of hydrogen-bond donors (Lipinski definition) is 0. The minimum atomic E-state index is -0.124. The number of thioether (sulfide) groups is 1. The van der Waals surface area contributed by atoms with Crippen molar-refractivity contribution in [3.63, 3.8) is 0 Å². The van der Waals surface area contributed by atoms with Gasteiger partial charge in [0.25, 0.3) is 5.91 Å². The van der Waals surface area contributed by atoms with Gasteiger partial charge in [-0.25, -0.2) is 0 Å². The molecule has 0 bridgehead atoms. The van der Waals surface area contributed by atoms with Crippen LogP contribution in [0.1, 0.15) is 30.4 Å². The average Bonchev–Trinajstić information content (AvgIpc) is 3.02. The van der Waals surface area contributed by atoms with Gasteiger partial charge in [-0.2, -0.15) is 0 Å². The molecule has 2 amide bonds. The largest absolute Gasteiger partial charge is 0.312 e. The van der Waals surface area contributed by atoms with Gasteiger partial charge >= 0.3 is 0 Å². The zero-order valence-corrected chi connectivity index (χ0v) is 18.7. The van der Waals surface area contributed by atoms with Gasteiger partial charge < -0.3 is 4.90 Å². The van der Waals surface area contributed by atoms with E-state index in [1.54, 1.807) is 17.0 Å². The number of nitrogens with zero attached hydrogens (tertiary/aromatic N) is 2. The van der Waals surface area contributed by atoms with Gasteiger partial charge in [-0.3, -0.25) is 14.5 Å². The van der Waals surface area contributed by atoms with Crippen LogP contribution in [0.4, 0.5) is 5.69 Å². The Hall–Kier alpha value is -2.15. The van der Waals surface area contributed by atoms with Crippen molar-refractivity contribution in [1.82, 2.24) is 4.90 Å². The van der Waals surface area contributed by atoms with Crippen molar-refractivity contribution < 1.29 is 9.59 Å². The highest BCUT2D eigenvalue weighted by Crippen LogP contribution is 2.34. The Morgan fingerprint density at radius 3 is 2.77 bits per heavy atom. The van der Waals surface area contributed by atoms with Crippen LogP contribution < -0.4 is 4.90 Å². The Kier molecular flexibility index (Phi) is 6.56. The number of halogens is 1. The summed E-state index contributed by atoms with van der Waals surface area (Å²) in [6, 6.07) is 15.5. The van der Waals surface area contributed by atoms with E-state index in [9.17, 15) is 9.59 Å². The van der Waals surface area contributed by atoms with Crippen molar-refractivity contribution in [2.24, 2.45) is 0 Å². The van der Waals surface area contributed by atoms with Crippen molar-refractivity contribution >= 4 is 63.5 Å². The molecule has 1 saturated heterocycles. The normalized spacial score (nSPS) is 17.6. The van der Waals surface area contributed by atoms with Crippen molar-refractivity contribution in [1.29, 1.82) is 0 Å². The second kappa shape index (κ2) is 9.33. The van der Waals surface area contributed by atoms with E-state index in [1.807, 2.05) is 41.3 Å². The molecule has 0 atom stereocenters. The van der Waals surface area contributed by atoms with E-state index in [4.69, 9.17) is 23.8 Å². The first kappa shape index (κ1) is 21.1. The lowest BCUT2D eigenvalue weighted by Gasteiger charge is -2.29. The third-order valence-electron chi connectivity index (χ3n) is 5.25. The number of aryl methyl sites for hydroxylation is 1. The number of hydrogen-bond acceptors (Lipinski definition) is 4. The zero-order valence-electron chi connectivity index (χ0n) is 16.3. The number of benzene rings is 2. The van der Waals surface area contributed by atoms with E-state index in [2.05, 4.69) is 6.07 Å². The molecule has 2 aliphatic heterocycles. The molecule has 2 heterocycles. The van der Waals surface area contributed by atoms with Gasteiger partial charge in [0.1, 0.15) is 4.32 Å². The van der Waals surface area contributed by atoms with Crippen LogP contribution in [0.2, 0.25) is 5.02 Å². The standard InChI is InChI=1S/C23H21ClN2O2S2/c24-18-10-3-1-8-17(18)15-20-22(28)26(23(29)30-20)14-6-12-21(27)25-13-5-9-16-7-2-4-11-19(16)25/h1-4,7-8,10-11,15H,5-6,9,12-14H2. The summed E-state index contributed by atoms with van der Waals surface area (Å²) in [5.41, 5.74) is 3.03. The SMILES string of the molecule is O=C1C(=Cc2ccccc2Cl)SC(=S)N1CCCC(=O)N1CCCc2ccccc21. The Balaban J connectivity index is 1.37.